The minimum Gasteiger partial charge on any atom is -0.486 e. The largest absolute Gasteiger partial charge is 0.486 e. The molecule has 1 saturated heterocycles. The van der Waals surface area contributed by atoms with Crippen molar-refractivity contribution in [2.24, 2.45) is 5.92 Å². The predicted molar refractivity (Wildman–Crippen MR) is 125 cm³/mol. The van der Waals surface area contributed by atoms with Crippen LogP contribution in [-0.2, 0) is 4.79 Å². The predicted octanol–water partition coefficient (Wildman–Crippen LogP) is 4.18. The lowest BCUT2D eigenvalue weighted by Gasteiger charge is -2.31. The van der Waals surface area contributed by atoms with Gasteiger partial charge in [0.1, 0.15) is 29.5 Å². The van der Waals surface area contributed by atoms with Crippen molar-refractivity contribution in [3.05, 3.63) is 64.3 Å². The third-order valence-corrected chi connectivity index (χ3v) is 6.42. The molecule has 0 amide bonds. The van der Waals surface area contributed by atoms with Crippen LogP contribution in [0.2, 0.25) is 0 Å². The molecule has 0 saturated carbocycles. The summed E-state index contributed by atoms with van der Waals surface area (Å²) in [5, 5.41) is 20.8. The van der Waals surface area contributed by atoms with E-state index in [-0.39, 0.29) is 5.82 Å². The van der Waals surface area contributed by atoms with E-state index in [0.717, 1.165) is 5.56 Å². The van der Waals surface area contributed by atoms with Gasteiger partial charge in [0.25, 0.3) is 0 Å². The van der Waals surface area contributed by atoms with Crippen LogP contribution in [-0.4, -0.2) is 46.5 Å². The third-order valence-electron chi connectivity index (χ3n) is 6.42. The van der Waals surface area contributed by atoms with E-state index in [1.807, 2.05) is 4.90 Å². The molecule has 2 N–H and O–H groups in total. The third kappa shape index (κ3) is 5.13. The maximum Gasteiger partial charge on any atom is 0.336 e. The Morgan fingerprint density at radius 2 is 1.94 bits per heavy atom. The van der Waals surface area contributed by atoms with Gasteiger partial charge in [-0.25, -0.2) is 9.18 Å². The summed E-state index contributed by atoms with van der Waals surface area (Å²) in [6.07, 6.45) is 0.239. The number of aliphatic hydroxyl groups is 1. The first-order valence-electron chi connectivity index (χ1n) is 11.4. The zero-order chi connectivity index (χ0) is 24.4. The SMILES string of the molecule is Cc1cc(F)ccc1-c1cc(=O)oc2cc(OC(C)C(O)N3CCC[C@H](C(=O)O)CC3)ccc12. The number of likely N-dealkylation sites (tertiary alicyclic amines) is 1. The molecule has 0 aliphatic carbocycles. The molecule has 1 fully saturated rings. The van der Waals surface area contributed by atoms with Gasteiger partial charge in [-0.2, -0.15) is 0 Å². The highest BCUT2D eigenvalue weighted by molar-refractivity contribution is 5.94. The second kappa shape index (κ2) is 9.95. The number of carboxylic acids is 1. The maximum absolute atomic E-state index is 13.6. The van der Waals surface area contributed by atoms with Crippen LogP contribution in [0, 0.1) is 18.7 Å². The summed E-state index contributed by atoms with van der Waals surface area (Å²) < 4.78 is 24.9. The van der Waals surface area contributed by atoms with Gasteiger partial charge in [0.2, 0.25) is 0 Å². The minimum atomic E-state index is -0.913. The Morgan fingerprint density at radius 1 is 1.15 bits per heavy atom. The number of aryl methyl sites for hydroxylation is 1. The molecule has 1 aromatic heterocycles. The van der Waals surface area contributed by atoms with Crippen LogP contribution >= 0.6 is 0 Å². The molecule has 8 heteroatoms. The normalized spacial score (nSPS) is 18.9. The second-order valence-corrected chi connectivity index (χ2v) is 8.83. The van der Waals surface area contributed by atoms with Gasteiger partial charge in [0, 0.05) is 36.2 Å². The number of hydrogen-bond donors (Lipinski definition) is 2. The summed E-state index contributed by atoms with van der Waals surface area (Å²) in [4.78, 5) is 25.4. The number of aliphatic carboxylic acids is 1. The van der Waals surface area contributed by atoms with E-state index < -0.39 is 29.8 Å². The van der Waals surface area contributed by atoms with E-state index in [1.165, 1.54) is 18.2 Å². The van der Waals surface area contributed by atoms with E-state index in [2.05, 4.69) is 0 Å². The summed E-state index contributed by atoms with van der Waals surface area (Å²) in [6, 6.07) is 10.9. The van der Waals surface area contributed by atoms with Crippen molar-refractivity contribution < 1.29 is 28.6 Å². The Kier molecular flexibility index (Phi) is 7.00. The van der Waals surface area contributed by atoms with Crippen LogP contribution in [0.5, 0.6) is 5.75 Å². The van der Waals surface area contributed by atoms with Crippen molar-refractivity contribution in [3.63, 3.8) is 0 Å². The van der Waals surface area contributed by atoms with Crippen LogP contribution in [0.15, 0.2) is 51.7 Å². The standard InChI is InChI=1S/C26H28FNO6/c1-15-12-18(27)5-7-20(15)22-14-24(29)34-23-13-19(6-8-21(22)23)33-16(2)25(30)28-10-3-4-17(9-11-28)26(31)32/h5-8,12-14,16-17,25,30H,3-4,9-11H2,1-2H3,(H,31,32)/t16?,17-,25?/m0/s1. The molecule has 180 valence electrons. The van der Waals surface area contributed by atoms with Gasteiger partial charge in [0.05, 0.1) is 5.92 Å². The van der Waals surface area contributed by atoms with Crippen LogP contribution < -0.4 is 10.4 Å². The highest BCUT2D eigenvalue weighted by Gasteiger charge is 2.29. The highest BCUT2D eigenvalue weighted by Crippen LogP contribution is 2.32. The van der Waals surface area contributed by atoms with Gasteiger partial charge < -0.3 is 19.4 Å². The molecule has 3 atom stereocenters. The first-order valence-corrected chi connectivity index (χ1v) is 11.4. The monoisotopic (exact) mass is 469 g/mol. The molecule has 7 nitrogen and oxygen atoms in total. The lowest BCUT2D eigenvalue weighted by molar-refractivity contribution is -0.142. The molecule has 0 spiro atoms. The number of aliphatic hydroxyl groups excluding tert-OH is 1. The van der Waals surface area contributed by atoms with E-state index in [0.29, 0.717) is 60.2 Å². The number of hydrogen-bond acceptors (Lipinski definition) is 6. The quantitative estimate of drug-likeness (QED) is 0.523. The van der Waals surface area contributed by atoms with Crippen LogP contribution in [0.25, 0.3) is 22.1 Å². The van der Waals surface area contributed by atoms with Crippen LogP contribution in [0.3, 0.4) is 0 Å². The zero-order valence-corrected chi connectivity index (χ0v) is 19.2. The zero-order valence-electron chi connectivity index (χ0n) is 19.2. The fourth-order valence-electron chi connectivity index (χ4n) is 4.57. The Hall–Kier alpha value is -3.23. The Balaban J connectivity index is 1.55. The molecule has 34 heavy (non-hydrogen) atoms. The average molecular weight is 470 g/mol. The number of carbonyl (C=O) groups is 1. The Bertz CT molecular complexity index is 1260. The molecule has 3 aromatic rings. The summed E-state index contributed by atoms with van der Waals surface area (Å²) >= 11 is 0. The summed E-state index contributed by atoms with van der Waals surface area (Å²) in [5.41, 5.74) is 1.86. The van der Waals surface area contributed by atoms with E-state index in [1.54, 1.807) is 38.1 Å². The second-order valence-electron chi connectivity index (χ2n) is 8.83. The van der Waals surface area contributed by atoms with E-state index in [9.17, 15) is 24.2 Å². The van der Waals surface area contributed by atoms with E-state index in [4.69, 9.17) is 9.15 Å². The molecule has 0 bridgehead atoms. The minimum absolute atomic E-state index is 0.324. The fraction of sp³-hybridized carbons (Fsp3) is 0.385. The summed E-state index contributed by atoms with van der Waals surface area (Å²) in [6.45, 7) is 4.58. The molecule has 1 aliphatic rings. The molecule has 0 radical (unpaired) electrons. The van der Waals surface area contributed by atoms with Gasteiger partial charge in [-0.3, -0.25) is 9.69 Å². The number of halogens is 1. The number of nitrogens with zero attached hydrogens (tertiary/aromatic N) is 1. The molecule has 2 heterocycles. The first kappa shape index (κ1) is 23.9. The maximum atomic E-state index is 13.6. The fourth-order valence-corrected chi connectivity index (χ4v) is 4.57. The van der Waals surface area contributed by atoms with Crippen molar-refractivity contribution in [1.82, 2.24) is 4.90 Å². The van der Waals surface area contributed by atoms with Crippen molar-refractivity contribution in [2.45, 2.75) is 45.4 Å². The van der Waals surface area contributed by atoms with Gasteiger partial charge in [-0.15, -0.1) is 0 Å². The number of rotatable bonds is 6. The molecule has 2 unspecified atom stereocenters. The first-order chi connectivity index (χ1) is 16.2. The molecular formula is C26H28FNO6. The van der Waals surface area contributed by atoms with Gasteiger partial charge in [0.15, 0.2) is 0 Å². The molecule has 1 aliphatic heterocycles. The molecular weight excluding hydrogens is 441 g/mol. The smallest absolute Gasteiger partial charge is 0.336 e. The number of fused-ring (bicyclic) bond motifs is 1. The summed E-state index contributed by atoms with van der Waals surface area (Å²) in [5.74, 6) is -1.11. The number of benzene rings is 2. The van der Waals surface area contributed by atoms with E-state index >= 15 is 0 Å². The Morgan fingerprint density at radius 3 is 2.68 bits per heavy atom. The van der Waals surface area contributed by atoms with Crippen molar-refractivity contribution in [1.29, 1.82) is 0 Å². The highest BCUT2D eigenvalue weighted by atomic mass is 19.1. The molecule has 2 aromatic carbocycles. The van der Waals surface area contributed by atoms with Crippen molar-refractivity contribution in [3.8, 4) is 16.9 Å². The van der Waals surface area contributed by atoms with Crippen LogP contribution in [0.4, 0.5) is 4.39 Å². The lowest BCUT2D eigenvalue weighted by Crippen LogP contribution is -2.45. The number of carboxylic acid groups (broad SMARTS) is 1. The van der Waals surface area contributed by atoms with Gasteiger partial charge in [-0.1, -0.05) is 6.07 Å². The van der Waals surface area contributed by atoms with Gasteiger partial charge in [-0.05, 0) is 68.5 Å². The summed E-state index contributed by atoms with van der Waals surface area (Å²) in [7, 11) is 0. The molecule has 4 rings (SSSR count). The van der Waals surface area contributed by atoms with Crippen molar-refractivity contribution >= 4 is 16.9 Å². The topological polar surface area (TPSA) is 100 Å². The van der Waals surface area contributed by atoms with Gasteiger partial charge >= 0.3 is 11.6 Å². The average Bonchev–Trinajstić information content (AvgIpc) is 3.04. The van der Waals surface area contributed by atoms with Crippen molar-refractivity contribution in [2.75, 3.05) is 13.1 Å². The van der Waals surface area contributed by atoms with Crippen LogP contribution in [0.1, 0.15) is 31.7 Å². The number of ether oxygens (including phenoxy) is 1. The Labute approximate surface area is 196 Å². The lowest BCUT2D eigenvalue weighted by atomic mass is 9.98.